The molecule has 0 unspecified atom stereocenters. The van der Waals surface area contributed by atoms with Crippen LogP contribution in [0.15, 0.2) is 44.3 Å². The van der Waals surface area contributed by atoms with Gasteiger partial charge in [0.1, 0.15) is 0 Å². The van der Waals surface area contributed by atoms with Crippen molar-refractivity contribution in [2.75, 3.05) is 0 Å². The molecule has 0 radical (unpaired) electrons. The van der Waals surface area contributed by atoms with Crippen molar-refractivity contribution in [3.63, 3.8) is 0 Å². The van der Waals surface area contributed by atoms with Crippen molar-refractivity contribution in [1.29, 1.82) is 0 Å². The van der Waals surface area contributed by atoms with Crippen LogP contribution in [-0.4, -0.2) is 5.78 Å². The molecule has 0 aliphatic heterocycles. The number of hydrogen-bond acceptors (Lipinski definition) is 1. The van der Waals surface area contributed by atoms with Crippen LogP contribution < -0.4 is 0 Å². The van der Waals surface area contributed by atoms with Crippen LogP contribution in [-0.2, 0) is 21.9 Å². The van der Waals surface area contributed by atoms with Gasteiger partial charge in [-0.15, -0.1) is 0 Å². The maximum absolute atomic E-state index is 12.3. The Labute approximate surface area is 111 Å². The van der Waals surface area contributed by atoms with Gasteiger partial charge in [0.15, 0.2) is 0 Å². The number of carbonyl (C=O) groups is 1. The second-order valence-electron chi connectivity index (χ2n) is 5.31. The van der Waals surface area contributed by atoms with Gasteiger partial charge in [-0.25, -0.2) is 0 Å². The van der Waals surface area contributed by atoms with E-state index in [1.807, 2.05) is 26.8 Å². The molecule has 0 amide bonds. The molecule has 0 aromatic carbocycles. The molecule has 0 atom stereocenters. The summed E-state index contributed by atoms with van der Waals surface area (Å²) in [5, 5.41) is 0. The number of hydrogen-bond donors (Lipinski definition) is 0. The maximum atomic E-state index is 12.3. The summed E-state index contributed by atoms with van der Waals surface area (Å²) >= 11 is 0.0842. The molecule has 92 valence electrons. The summed E-state index contributed by atoms with van der Waals surface area (Å²) in [5.41, 5.74) is 0.724. The monoisotopic (exact) mass is 316 g/mol. The van der Waals surface area contributed by atoms with Crippen molar-refractivity contribution >= 4 is 5.78 Å². The average Bonchev–Trinajstić information content (AvgIpc) is 2.87. The van der Waals surface area contributed by atoms with E-state index in [-0.39, 0.29) is 22.5 Å². The van der Waals surface area contributed by atoms with E-state index < -0.39 is 0 Å². The van der Waals surface area contributed by atoms with Gasteiger partial charge in [0.25, 0.3) is 0 Å². The molecule has 0 spiro atoms. The van der Waals surface area contributed by atoms with Crippen LogP contribution in [0.5, 0.6) is 0 Å². The van der Waals surface area contributed by atoms with Gasteiger partial charge in [-0.1, -0.05) is 0 Å². The molecule has 17 heavy (non-hydrogen) atoms. The summed E-state index contributed by atoms with van der Waals surface area (Å²) in [6.07, 6.45) is 12.7. The first-order chi connectivity index (χ1) is 7.98. The number of rotatable bonds is 3. The van der Waals surface area contributed by atoms with Gasteiger partial charge in [-0.05, 0) is 0 Å². The van der Waals surface area contributed by atoms with E-state index in [1.165, 1.54) is 8.33 Å². The molecule has 0 aromatic heterocycles. The third-order valence-electron chi connectivity index (χ3n) is 2.73. The summed E-state index contributed by atoms with van der Waals surface area (Å²) < 4.78 is 2.89. The van der Waals surface area contributed by atoms with E-state index in [0.717, 1.165) is 18.4 Å². The Morgan fingerprint density at radius 3 is 2.59 bits per heavy atom. The molecular weight excluding hydrogens is 297 g/mol. The van der Waals surface area contributed by atoms with Crippen molar-refractivity contribution in [3.8, 4) is 0 Å². The summed E-state index contributed by atoms with van der Waals surface area (Å²) in [6.45, 7) is 6.00. The predicted molar refractivity (Wildman–Crippen MR) is 67.1 cm³/mol. The molecule has 0 aromatic rings. The van der Waals surface area contributed by atoms with E-state index >= 15 is 0 Å². The molecule has 0 heterocycles. The van der Waals surface area contributed by atoms with Crippen molar-refractivity contribution in [3.05, 3.63) is 44.3 Å². The molecule has 0 saturated carbocycles. The number of carbonyl (C=O) groups excluding carboxylic acids is 1. The van der Waals surface area contributed by atoms with Gasteiger partial charge < -0.3 is 0 Å². The molecule has 0 N–H and O–H groups in total. The van der Waals surface area contributed by atoms with Gasteiger partial charge in [0.2, 0.25) is 0 Å². The zero-order valence-electron chi connectivity index (χ0n) is 10.6. The molecule has 0 saturated heterocycles. The fraction of sp³-hybridized carbons (Fsp3) is 0.400. The van der Waals surface area contributed by atoms with E-state index in [9.17, 15) is 4.79 Å². The van der Waals surface area contributed by atoms with E-state index in [4.69, 9.17) is 0 Å². The Kier molecular flexibility index (Phi) is 3.63. The van der Waals surface area contributed by atoms with Crippen LogP contribution in [0.2, 0.25) is 0 Å². The number of ketones is 1. The molecule has 2 rings (SSSR count). The van der Waals surface area contributed by atoms with Crippen LogP contribution in [0.1, 0.15) is 33.6 Å². The first-order valence-electron chi connectivity index (χ1n) is 5.91. The van der Waals surface area contributed by atoms with Gasteiger partial charge in [-0.3, -0.25) is 0 Å². The summed E-state index contributed by atoms with van der Waals surface area (Å²) in [6, 6.07) is 0. The Balaban J connectivity index is 2.17. The SMILES string of the molecule is CC(C)(C)C(=O)C1=[C]([Ru][C]2=CC=CC2)CC=C1. The van der Waals surface area contributed by atoms with Crippen molar-refractivity contribution in [2.45, 2.75) is 33.6 Å². The fourth-order valence-corrected chi connectivity index (χ4v) is 4.10. The Bertz CT molecular complexity index is 456. The molecule has 1 nitrogen and oxygen atoms in total. The first kappa shape index (κ1) is 12.7. The standard InChI is InChI=1S/C10H13O.C5H5.Ru/c1-10(2,3)9(11)8-6-4-5-7-8;1-2-4-5-3-1;/h4,6H,5H2,1-3H3;1-3H,4H2;. The first-order valence-corrected chi connectivity index (χ1v) is 7.65. The molecule has 0 fully saturated rings. The molecule has 0 bridgehead atoms. The topological polar surface area (TPSA) is 17.1 Å². The molecule has 2 heteroatoms. The van der Waals surface area contributed by atoms with Gasteiger partial charge >= 0.3 is 111 Å². The van der Waals surface area contributed by atoms with Gasteiger partial charge in [-0.2, -0.15) is 0 Å². The van der Waals surface area contributed by atoms with E-state index in [1.54, 1.807) is 0 Å². The zero-order valence-corrected chi connectivity index (χ0v) is 12.3. The van der Waals surface area contributed by atoms with Crippen molar-refractivity contribution in [2.24, 2.45) is 5.41 Å². The Hall–Kier alpha value is -0.747. The number of Topliss-reactive ketones (excluding diaryl/α,β-unsaturated/α-hetero) is 1. The number of allylic oxidation sites excluding steroid dienone is 8. The normalized spacial score (nSPS) is 19.4. The quantitative estimate of drug-likeness (QED) is 0.725. The minimum atomic E-state index is -0.266. The van der Waals surface area contributed by atoms with Crippen LogP contribution >= 0.6 is 0 Å². The third kappa shape index (κ3) is 2.93. The minimum absolute atomic E-state index is 0.0842. The molecule has 2 aliphatic rings. The van der Waals surface area contributed by atoms with Gasteiger partial charge in [0, 0.05) is 0 Å². The second-order valence-corrected chi connectivity index (χ2v) is 7.91. The average molecular weight is 315 g/mol. The zero-order chi connectivity index (χ0) is 12.5. The van der Waals surface area contributed by atoms with Crippen LogP contribution in [0.4, 0.5) is 0 Å². The summed E-state index contributed by atoms with van der Waals surface area (Å²) in [5.74, 6) is 0.294. The Morgan fingerprint density at radius 1 is 1.24 bits per heavy atom. The second kappa shape index (κ2) is 4.86. The predicted octanol–water partition coefficient (Wildman–Crippen LogP) is 3.74. The fourth-order valence-electron chi connectivity index (χ4n) is 1.78. The molecule has 2 aliphatic carbocycles. The van der Waals surface area contributed by atoms with Crippen molar-refractivity contribution in [1.82, 2.24) is 0 Å². The molecular formula is C15H18ORu. The van der Waals surface area contributed by atoms with Gasteiger partial charge in [0.05, 0.1) is 0 Å². The van der Waals surface area contributed by atoms with E-state index in [2.05, 4.69) is 24.3 Å². The van der Waals surface area contributed by atoms with Crippen molar-refractivity contribution < 1.29 is 21.9 Å². The van der Waals surface area contributed by atoms with E-state index in [0.29, 0.717) is 5.78 Å². The van der Waals surface area contributed by atoms with Crippen LogP contribution in [0, 0.1) is 5.41 Å². The summed E-state index contributed by atoms with van der Waals surface area (Å²) in [4.78, 5) is 12.3. The van der Waals surface area contributed by atoms with Crippen LogP contribution in [0.25, 0.3) is 0 Å². The summed E-state index contributed by atoms with van der Waals surface area (Å²) in [7, 11) is 0. The third-order valence-corrected chi connectivity index (χ3v) is 5.28. The van der Waals surface area contributed by atoms with Crippen LogP contribution in [0.3, 0.4) is 0 Å². The Morgan fingerprint density at radius 2 is 2.00 bits per heavy atom.